The molecule has 3 rings (SSSR count). The molecule has 0 bridgehead atoms. The van der Waals surface area contributed by atoms with Crippen LogP contribution in [0.4, 0.5) is 10.1 Å². The van der Waals surface area contributed by atoms with E-state index in [2.05, 4.69) is 27.4 Å². The van der Waals surface area contributed by atoms with Crippen LogP contribution in [0.2, 0.25) is 5.02 Å². The lowest BCUT2D eigenvalue weighted by atomic mass is 10.2. The van der Waals surface area contributed by atoms with E-state index in [1.165, 1.54) is 30.0 Å². The number of halogens is 2. The number of nitrogens with one attached hydrogen (secondary N) is 2. The first-order valence-corrected chi connectivity index (χ1v) is 10.6. The van der Waals surface area contributed by atoms with Crippen molar-refractivity contribution in [3.8, 4) is 0 Å². The van der Waals surface area contributed by atoms with Gasteiger partial charge in [0.15, 0.2) is 11.0 Å². The van der Waals surface area contributed by atoms with Gasteiger partial charge < -0.3 is 15.2 Å². The molecule has 1 aromatic heterocycles. The number of thioether (sulfide) groups is 1. The van der Waals surface area contributed by atoms with Crippen molar-refractivity contribution in [2.75, 3.05) is 11.1 Å². The molecule has 0 atom stereocenters. The third kappa shape index (κ3) is 6.16. The molecule has 1 heterocycles. The Morgan fingerprint density at radius 1 is 1.16 bits per heavy atom. The summed E-state index contributed by atoms with van der Waals surface area (Å²) in [5.41, 5.74) is 0.588. The molecule has 3 aromatic rings. The topological polar surface area (TPSA) is 88.9 Å². The maximum atomic E-state index is 13.8. The monoisotopic (exact) mass is 459 g/mol. The molecule has 31 heavy (non-hydrogen) atoms. The second-order valence-corrected chi connectivity index (χ2v) is 7.68. The summed E-state index contributed by atoms with van der Waals surface area (Å²) < 4.78 is 15.5. The SMILES string of the molecule is C=CCn1c(CNC(=O)c2ccccc2F)nnc1SCC(=O)Nc1ccc(Cl)cc1. The second kappa shape index (κ2) is 10.7. The highest BCUT2D eigenvalue weighted by Crippen LogP contribution is 2.19. The van der Waals surface area contributed by atoms with Gasteiger partial charge in [-0.2, -0.15) is 0 Å². The summed E-state index contributed by atoms with van der Waals surface area (Å²) >= 11 is 7.04. The molecule has 0 aliphatic heterocycles. The van der Waals surface area contributed by atoms with Crippen molar-refractivity contribution < 1.29 is 14.0 Å². The van der Waals surface area contributed by atoms with Crippen LogP contribution >= 0.6 is 23.4 Å². The van der Waals surface area contributed by atoms with Crippen LogP contribution < -0.4 is 10.6 Å². The second-order valence-electron chi connectivity index (χ2n) is 6.30. The molecule has 0 radical (unpaired) electrons. The molecule has 0 aliphatic carbocycles. The van der Waals surface area contributed by atoms with E-state index in [0.29, 0.717) is 28.2 Å². The van der Waals surface area contributed by atoms with E-state index < -0.39 is 11.7 Å². The number of benzene rings is 2. The zero-order valence-electron chi connectivity index (χ0n) is 16.3. The zero-order chi connectivity index (χ0) is 22.2. The number of rotatable bonds is 9. The minimum Gasteiger partial charge on any atom is -0.345 e. The lowest BCUT2D eigenvalue weighted by molar-refractivity contribution is -0.113. The van der Waals surface area contributed by atoms with Gasteiger partial charge in [0.2, 0.25) is 5.91 Å². The Morgan fingerprint density at radius 3 is 2.61 bits per heavy atom. The van der Waals surface area contributed by atoms with Crippen molar-refractivity contribution >= 4 is 40.9 Å². The maximum absolute atomic E-state index is 13.8. The van der Waals surface area contributed by atoms with Crippen molar-refractivity contribution in [3.63, 3.8) is 0 Å². The molecule has 10 heteroatoms. The van der Waals surface area contributed by atoms with Crippen LogP contribution in [-0.2, 0) is 17.9 Å². The van der Waals surface area contributed by atoms with E-state index in [0.717, 1.165) is 0 Å². The van der Waals surface area contributed by atoms with Crippen molar-refractivity contribution in [1.29, 1.82) is 0 Å². The molecule has 0 saturated heterocycles. The number of hydrogen-bond acceptors (Lipinski definition) is 5. The van der Waals surface area contributed by atoms with Crippen molar-refractivity contribution in [2.24, 2.45) is 0 Å². The molecule has 0 aliphatic rings. The van der Waals surface area contributed by atoms with Gasteiger partial charge in [-0.25, -0.2) is 4.39 Å². The number of anilines is 1. The highest BCUT2D eigenvalue weighted by Gasteiger charge is 2.16. The number of carbonyl (C=O) groups excluding carboxylic acids is 2. The molecule has 0 fully saturated rings. The van der Waals surface area contributed by atoms with Gasteiger partial charge >= 0.3 is 0 Å². The van der Waals surface area contributed by atoms with Gasteiger partial charge in [0.1, 0.15) is 5.82 Å². The average Bonchev–Trinajstić information content (AvgIpc) is 3.14. The molecule has 0 saturated carbocycles. The summed E-state index contributed by atoms with van der Waals surface area (Å²) in [6.07, 6.45) is 1.66. The molecule has 7 nitrogen and oxygen atoms in total. The van der Waals surface area contributed by atoms with E-state index >= 15 is 0 Å². The van der Waals surface area contributed by atoms with Gasteiger partial charge in [0.05, 0.1) is 17.9 Å². The first-order chi connectivity index (χ1) is 15.0. The Labute approximate surface area is 187 Å². The predicted molar refractivity (Wildman–Crippen MR) is 119 cm³/mol. The Kier molecular flexibility index (Phi) is 7.80. The van der Waals surface area contributed by atoms with Crippen LogP contribution in [-0.4, -0.2) is 32.3 Å². The van der Waals surface area contributed by atoms with Crippen molar-refractivity contribution in [1.82, 2.24) is 20.1 Å². The maximum Gasteiger partial charge on any atom is 0.254 e. The van der Waals surface area contributed by atoms with E-state index in [-0.39, 0.29) is 23.8 Å². The predicted octanol–water partition coefficient (Wildman–Crippen LogP) is 3.92. The summed E-state index contributed by atoms with van der Waals surface area (Å²) in [6.45, 7) is 4.15. The molecule has 0 spiro atoms. The average molecular weight is 460 g/mol. The Balaban J connectivity index is 1.61. The van der Waals surface area contributed by atoms with Crippen LogP contribution in [0.25, 0.3) is 0 Å². The standard InChI is InChI=1S/C21H19ClFN5O2S/c1-2-11-28-18(12-24-20(30)16-5-3-4-6-17(16)23)26-27-21(28)31-13-19(29)25-15-9-7-14(22)8-10-15/h2-10H,1,11-13H2,(H,24,30)(H,25,29). The van der Waals surface area contributed by atoms with E-state index in [9.17, 15) is 14.0 Å². The molecule has 0 unspecified atom stereocenters. The minimum absolute atomic E-state index is 0.0472. The summed E-state index contributed by atoms with van der Waals surface area (Å²) in [5, 5.41) is 14.7. The summed E-state index contributed by atoms with van der Waals surface area (Å²) in [4.78, 5) is 24.4. The molecule has 160 valence electrons. The largest absolute Gasteiger partial charge is 0.345 e. The smallest absolute Gasteiger partial charge is 0.254 e. The Morgan fingerprint density at radius 2 is 1.90 bits per heavy atom. The zero-order valence-corrected chi connectivity index (χ0v) is 17.9. The van der Waals surface area contributed by atoms with Crippen LogP contribution in [0.1, 0.15) is 16.2 Å². The fourth-order valence-corrected chi connectivity index (χ4v) is 3.52. The van der Waals surface area contributed by atoms with Crippen LogP contribution in [0.5, 0.6) is 0 Å². The molecule has 2 N–H and O–H groups in total. The quantitative estimate of drug-likeness (QED) is 0.374. The van der Waals surface area contributed by atoms with E-state index in [1.807, 2.05) is 0 Å². The normalized spacial score (nSPS) is 10.5. The van der Waals surface area contributed by atoms with Crippen molar-refractivity contribution in [2.45, 2.75) is 18.2 Å². The van der Waals surface area contributed by atoms with Gasteiger partial charge in [-0.3, -0.25) is 9.59 Å². The molecule has 2 amide bonds. The number of hydrogen-bond donors (Lipinski definition) is 2. The first-order valence-electron chi connectivity index (χ1n) is 9.22. The van der Waals surface area contributed by atoms with Gasteiger partial charge in [0, 0.05) is 17.3 Å². The third-order valence-corrected chi connectivity index (χ3v) is 5.31. The first kappa shape index (κ1) is 22.5. The van der Waals surface area contributed by atoms with E-state index in [1.54, 1.807) is 41.0 Å². The fourth-order valence-electron chi connectivity index (χ4n) is 2.63. The fraction of sp³-hybridized carbons (Fsp3) is 0.143. The Hall–Kier alpha value is -3.17. The van der Waals surface area contributed by atoms with Crippen LogP contribution in [0.3, 0.4) is 0 Å². The van der Waals surface area contributed by atoms with Crippen LogP contribution in [0, 0.1) is 5.82 Å². The lowest BCUT2D eigenvalue weighted by Crippen LogP contribution is -2.25. The number of aromatic nitrogens is 3. The van der Waals surface area contributed by atoms with Gasteiger partial charge in [0.25, 0.3) is 5.91 Å². The van der Waals surface area contributed by atoms with Crippen molar-refractivity contribution in [3.05, 3.63) is 83.4 Å². The molecular weight excluding hydrogens is 441 g/mol. The van der Waals surface area contributed by atoms with Gasteiger partial charge in [-0.1, -0.05) is 41.6 Å². The molecular formula is C21H19ClFN5O2S. The summed E-state index contributed by atoms with van der Waals surface area (Å²) in [7, 11) is 0. The lowest BCUT2D eigenvalue weighted by Gasteiger charge is -2.09. The Bertz CT molecular complexity index is 1090. The number of allylic oxidation sites excluding steroid dienone is 1. The van der Waals surface area contributed by atoms with E-state index in [4.69, 9.17) is 11.6 Å². The minimum atomic E-state index is -0.601. The third-order valence-electron chi connectivity index (χ3n) is 4.09. The number of nitrogens with zero attached hydrogens (tertiary/aromatic N) is 3. The van der Waals surface area contributed by atoms with Crippen LogP contribution in [0.15, 0.2) is 66.3 Å². The number of carbonyl (C=O) groups is 2. The van der Waals surface area contributed by atoms with Gasteiger partial charge in [-0.15, -0.1) is 16.8 Å². The molecule has 2 aromatic carbocycles. The highest BCUT2D eigenvalue weighted by molar-refractivity contribution is 7.99. The summed E-state index contributed by atoms with van der Waals surface area (Å²) in [6, 6.07) is 12.5. The summed E-state index contributed by atoms with van der Waals surface area (Å²) in [5.74, 6) is -0.794. The number of amides is 2. The highest BCUT2D eigenvalue weighted by atomic mass is 35.5. The van der Waals surface area contributed by atoms with Gasteiger partial charge in [-0.05, 0) is 36.4 Å².